The van der Waals surface area contributed by atoms with Crippen molar-refractivity contribution in [1.29, 1.82) is 0 Å². The average molecular weight is 272 g/mol. The Balaban J connectivity index is 2.04. The summed E-state index contributed by atoms with van der Waals surface area (Å²) in [5.74, 6) is 0.400. The molecule has 0 unspecified atom stereocenters. The molecular formula is C11H11F3N4O. The van der Waals surface area contributed by atoms with Crippen molar-refractivity contribution in [3.05, 3.63) is 24.2 Å². The number of rotatable bonds is 1. The molecule has 0 saturated carbocycles. The second-order valence-corrected chi connectivity index (χ2v) is 4.96. The summed E-state index contributed by atoms with van der Waals surface area (Å²) in [7, 11) is 0. The first kappa shape index (κ1) is 12.2. The quantitative estimate of drug-likeness (QED) is 0.850. The van der Waals surface area contributed by atoms with Crippen LogP contribution in [0.15, 0.2) is 18.5 Å². The highest BCUT2D eigenvalue weighted by atomic mass is 19.4. The fraction of sp³-hybridized carbons (Fsp3) is 0.455. The largest absolute Gasteiger partial charge is 0.435 e. The van der Waals surface area contributed by atoms with Crippen molar-refractivity contribution in [2.45, 2.75) is 18.7 Å². The molecule has 0 atom stereocenters. The van der Waals surface area contributed by atoms with Gasteiger partial charge in [0.1, 0.15) is 5.52 Å². The topological polar surface area (TPSA) is 53.7 Å². The third kappa shape index (κ3) is 2.01. The van der Waals surface area contributed by atoms with E-state index in [1.807, 2.05) is 0 Å². The third-order valence-corrected chi connectivity index (χ3v) is 3.02. The smallest absolute Gasteiger partial charge is 0.386 e. The summed E-state index contributed by atoms with van der Waals surface area (Å²) in [5.41, 5.74) is -1.49. The van der Waals surface area contributed by atoms with Gasteiger partial charge in [-0.2, -0.15) is 18.3 Å². The van der Waals surface area contributed by atoms with Crippen molar-refractivity contribution >= 4 is 11.3 Å². The van der Waals surface area contributed by atoms with Crippen LogP contribution in [0.3, 0.4) is 0 Å². The first-order valence-corrected chi connectivity index (χ1v) is 5.65. The van der Waals surface area contributed by atoms with Crippen LogP contribution in [-0.4, -0.2) is 38.4 Å². The summed E-state index contributed by atoms with van der Waals surface area (Å²) >= 11 is 0. The van der Waals surface area contributed by atoms with Gasteiger partial charge in [0.25, 0.3) is 0 Å². The highest BCUT2D eigenvalue weighted by Gasteiger charge is 2.39. The molecule has 3 rings (SSSR count). The van der Waals surface area contributed by atoms with E-state index in [2.05, 4.69) is 10.1 Å². The van der Waals surface area contributed by atoms with Gasteiger partial charge >= 0.3 is 6.18 Å². The first-order valence-electron chi connectivity index (χ1n) is 5.65. The van der Waals surface area contributed by atoms with E-state index in [4.69, 9.17) is 0 Å². The van der Waals surface area contributed by atoms with Gasteiger partial charge in [-0.3, -0.25) is 0 Å². The number of halogens is 3. The van der Waals surface area contributed by atoms with Gasteiger partial charge in [-0.25, -0.2) is 9.50 Å². The van der Waals surface area contributed by atoms with Crippen LogP contribution in [0.4, 0.5) is 19.0 Å². The lowest BCUT2D eigenvalue weighted by molar-refractivity contribution is -0.141. The number of β-amino-alcohol motifs (C(OH)–C–C–N with tert-alkyl or cyclic N) is 1. The number of fused-ring (bicyclic) bond motifs is 1. The van der Waals surface area contributed by atoms with E-state index < -0.39 is 17.5 Å². The molecule has 0 spiro atoms. The molecule has 1 aliphatic rings. The van der Waals surface area contributed by atoms with Crippen LogP contribution in [0.5, 0.6) is 0 Å². The minimum absolute atomic E-state index is 0.283. The van der Waals surface area contributed by atoms with Crippen molar-refractivity contribution in [2.24, 2.45) is 0 Å². The van der Waals surface area contributed by atoms with Crippen molar-refractivity contribution in [2.75, 3.05) is 18.0 Å². The molecule has 0 amide bonds. The number of nitrogens with zero attached hydrogens (tertiary/aromatic N) is 4. The number of aliphatic hydroxyl groups is 1. The van der Waals surface area contributed by atoms with Crippen LogP contribution in [0.25, 0.3) is 5.52 Å². The summed E-state index contributed by atoms with van der Waals surface area (Å²) < 4.78 is 39.0. The molecule has 0 radical (unpaired) electrons. The second-order valence-electron chi connectivity index (χ2n) is 4.96. The number of aromatic nitrogens is 3. The highest BCUT2D eigenvalue weighted by molar-refractivity contribution is 5.70. The number of hydrogen-bond donors (Lipinski definition) is 1. The Morgan fingerprint density at radius 1 is 1.37 bits per heavy atom. The van der Waals surface area contributed by atoms with Gasteiger partial charge in [0.2, 0.25) is 0 Å². The molecule has 0 aliphatic carbocycles. The van der Waals surface area contributed by atoms with Crippen LogP contribution in [0.1, 0.15) is 12.6 Å². The minimum atomic E-state index is -4.48. The maximum Gasteiger partial charge on any atom is 0.435 e. The Labute approximate surface area is 106 Å². The fourth-order valence-electron chi connectivity index (χ4n) is 2.22. The molecule has 1 aliphatic heterocycles. The van der Waals surface area contributed by atoms with Gasteiger partial charge in [-0.05, 0) is 6.92 Å². The van der Waals surface area contributed by atoms with E-state index >= 15 is 0 Å². The molecule has 0 aromatic carbocycles. The molecule has 5 nitrogen and oxygen atoms in total. The summed E-state index contributed by atoms with van der Waals surface area (Å²) in [5, 5.41) is 13.2. The molecule has 1 fully saturated rings. The molecular weight excluding hydrogens is 261 g/mol. The normalized spacial score (nSPS) is 18.7. The molecule has 1 N–H and O–H groups in total. The Bertz CT molecular complexity index is 626. The summed E-state index contributed by atoms with van der Waals surface area (Å²) in [6.45, 7) is 2.35. The summed E-state index contributed by atoms with van der Waals surface area (Å²) in [6.07, 6.45) is -1.72. The van der Waals surface area contributed by atoms with E-state index in [0.29, 0.717) is 18.9 Å². The lowest BCUT2D eigenvalue weighted by Gasteiger charge is -2.44. The number of alkyl halides is 3. The Hall–Kier alpha value is -1.83. The zero-order valence-corrected chi connectivity index (χ0v) is 10.0. The van der Waals surface area contributed by atoms with Gasteiger partial charge in [0.05, 0.1) is 5.60 Å². The lowest BCUT2D eigenvalue weighted by Crippen LogP contribution is -2.60. The zero-order valence-electron chi connectivity index (χ0n) is 10.0. The van der Waals surface area contributed by atoms with Crippen LogP contribution in [-0.2, 0) is 6.18 Å². The monoisotopic (exact) mass is 272 g/mol. The molecule has 8 heteroatoms. The van der Waals surface area contributed by atoms with Gasteiger partial charge < -0.3 is 10.0 Å². The molecule has 1 saturated heterocycles. The molecule has 0 bridgehead atoms. The van der Waals surface area contributed by atoms with E-state index in [0.717, 1.165) is 10.6 Å². The van der Waals surface area contributed by atoms with Crippen LogP contribution in [0.2, 0.25) is 0 Å². The van der Waals surface area contributed by atoms with Gasteiger partial charge in [-0.1, -0.05) is 0 Å². The average Bonchev–Trinajstić information content (AvgIpc) is 2.68. The van der Waals surface area contributed by atoms with Crippen LogP contribution in [0, 0.1) is 0 Å². The molecule has 102 valence electrons. The molecule has 2 aromatic heterocycles. The standard InChI is InChI=1S/C11H11F3N4O/c1-10(19)5-17(6-10)9-7-4-8(11(12,13)14)16-18(7)3-2-15-9/h2-4,19H,5-6H2,1H3. The molecule has 19 heavy (non-hydrogen) atoms. The predicted molar refractivity (Wildman–Crippen MR) is 60.8 cm³/mol. The Morgan fingerprint density at radius 3 is 2.63 bits per heavy atom. The van der Waals surface area contributed by atoms with E-state index in [-0.39, 0.29) is 5.52 Å². The maximum absolute atomic E-state index is 12.6. The van der Waals surface area contributed by atoms with Gasteiger partial charge in [0.15, 0.2) is 11.5 Å². The van der Waals surface area contributed by atoms with Crippen LogP contribution >= 0.6 is 0 Å². The third-order valence-electron chi connectivity index (χ3n) is 3.02. The minimum Gasteiger partial charge on any atom is -0.386 e. The van der Waals surface area contributed by atoms with E-state index in [9.17, 15) is 18.3 Å². The van der Waals surface area contributed by atoms with Crippen molar-refractivity contribution < 1.29 is 18.3 Å². The Morgan fingerprint density at radius 2 is 2.05 bits per heavy atom. The van der Waals surface area contributed by atoms with Crippen molar-refractivity contribution in [3.8, 4) is 0 Å². The van der Waals surface area contributed by atoms with Gasteiger partial charge in [0, 0.05) is 31.5 Å². The SMILES string of the molecule is CC1(O)CN(c2nccn3nc(C(F)(F)F)cc23)C1. The first-order chi connectivity index (χ1) is 8.76. The Kier molecular flexibility index (Phi) is 2.31. The van der Waals surface area contributed by atoms with Crippen molar-refractivity contribution in [3.63, 3.8) is 0 Å². The van der Waals surface area contributed by atoms with Gasteiger partial charge in [-0.15, -0.1) is 0 Å². The molecule has 2 aromatic rings. The number of anilines is 1. The van der Waals surface area contributed by atoms with E-state index in [1.54, 1.807) is 11.8 Å². The predicted octanol–water partition coefficient (Wildman–Crippen LogP) is 1.32. The molecule has 3 heterocycles. The maximum atomic E-state index is 12.6. The fourth-order valence-corrected chi connectivity index (χ4v) is 2.22. The van der Waals surface area contributed by atoms with E-state index in [1.165, 1.54) is 12.4 Å². The number of hydrogen-bond acceptors (Lipinski definition) is 4. The van der Waals surface area contributed by atoms with Crippen molar-refractivity contribution in [1.82, 2.24) is 14.6 Å². The zero-order chi connectivity index (χ0) is 13.8. The summed E-state index contributed by atoms with van der Waals surface area (Å²) in [4.78, 5) is 5.80. The lowest BCUT2D eigenvalue weighted by atomic mass is 9.97. The second kappa shape index (κ2) is 3.60. The highest BCUT2D eigenvalue weighted by Crippen LogP contribution is 2.33. The summed E-state index contributed by atoms with van der Waals surface area (Å²) in [6, 6.07) is 0.968. The van der Waals surface area contributed by atoms with Crippen LogP contribution < -0.4 is 4.90 Å².